The SMILES string of the molecule is CC1=C(C)[CH]([Zr](=[C](C)C)[CH]2c3ccccc3-c3ccccc32)c2ccccc21.Cl.Cl. The third-order valence-electron chi connectivity index (χ3n) is 6.73. The number of halogens is 2. The van der Waals surface area contributed by atoms with Crippen LogP contribution in [0.25, 0.3) is 16.7 Å². The molecule has 0 amide bonds. The molecule has 0 aromatic heterocycles. The van der Waals surface area contributed by atoms with E-state index in [4.69, 9.17) is 0 Å². The summed E-state index contributed by atoms with van der Waals surface area (Å²) >= 11 is -2.12. The molecule has 5 rings (SSSR count). The van der Waals surface area contributed by atoms with Crippen molar-refractivity contribution < 1.29 is 21.3 Å². The van der Waals surface area contributed by atoms with Gasteiger partial charge in [-0.15, -0.1) is 24.8 Å². The van der Waals surface area contributed by atoms with Crippen molar-refractivity contribution in [3.63, 3.8) is 0 Å². The second kappa shape index (κ2) is 9.08. The molecule has 3 heteroatoms. The maximum atomic E-state index is 2.42. The zero-order chi connectivity index (χ0) is 19.4. The predicted molar refractivity (Wildman–Crippen MR) is 132 cm³/mol. The number of allylic oxidation sites excluding steroid dienone is 2. The monoisotopic (exact) mass is 512 g/mol. The Morgan fingerprint density at radius 2 is 1.00 bits per heavy atom. The van der Waals surface area contributed by atoms with Gasteiger partial charge < -0.3 is 0 Å². The van der Waals surface area contributed by atoms with Crippen LogP contribution in [0.15, 0.2) is 78.4 Å². The van der Waals surface area contributed by atoms with E-state index in [0.717, 1.165) is 0 Å². The molecule has 2 aliphatic rings. The van der Waals surface area contributed by atoms with E-state index in [2.05, 4.69) is 100 Å². The molecular formula is C27H28Cl2Zr. The Kier molecular flexibility index (Phi) is 7.08. The Hall–Kier alpha value is -1.27. The molecule has 2 aliphatic carbocycles. The summed E-state index contributed by atoms with van der Waals surface area (Å²) in [5.41, 5.74) is 12.3. The molecule has 0 nitrogen and oxygen atoms in total. The van der Waals surface area contributed by atoms with Gasteiger partial charge in [0, 0.05) is 0 Å². The first-order chi connectivity index (χ1) is 13.6. The summed E-state index contributed by atoms with van der Waals surface area (Å²) < 4.78 is 2.97. The van der Waals surface area contributed by atoms with Crippen molar-refractivity contribution in [1.82, 2.24) is 0 Å². The minimum absolute atomic E-state index is 0. The Bertz CT molecular complexity index is 1120. The standard InChI is InChI=1S/C13H9.C11H11.C3H6.2ClH.Zr/c1-3-7-12-10(5-1)9-11-6-2-4-8-13(11)12;1-8-7-10-5-3-4-6-11(10)9(8)2;1-3-2;;;/h1-9H;3-7H,1-2H3;1-2H3;2*1H;. The number of hydrogen-bond acceptors (Lipinski definition) is 0. The van der Waals surface area contributed by atoms with Crippen LogP contribution in [0.3, 0.4) is 0 Å². The molecule has 0 heterocycles. The van der Waals surface area contributed by atoms with Crippen molar-refractivity contribution in [3.05, 3.63) is 101 Å². The molecule has 3 aromatic rings. The van der Waals surface area contributed by atoms with Crippen molar-refractivity contribution in [1.29, 1.82) is 0 Å². The molecule has 0 saturated carbocycles. The molecule has 30 heavy (non-hydrogen) atoms. The smallest absolute Gasteiger partial charge is 0.147 e. The average Bonchev–Trinajstić information content (AvgIpc) is 3.17. The van der Waals surface area contributed by atoms with Crippen LogP contribution in [-0.2, 0) is 21.3 Å². The van der Waals surface area contributed by atoms with Crippen LogP contribution in [0.4, 0.5) is 0 Å². The zero-order valence-corrected chi connectivity index (χ0v) is 22.0. The molecule has 1 atom stereocenters. The maximum Gasteiger partial charge on any atom is -0.147 e. The van der Waals surface area contributed by atoms with Crippen molar-refractivity contribution in [2.75, 3.05) is 0 Å². The van der Waals surface area contributed by atoms with Gasteiger partial charge in [0.2, 0.25) is 0 Å². The van der Waals surface area contributed by atoms with Gasteiger partial charge in [-0.3, -0.25) is 0 Å². The van der Waals surface area contributed by atoms with Gasteiger partial charge in [-0.05, 0) is 0 Å². The quantitative estimate of drug-likeness (QED) is 0.325. The molecule has 0 spiro atoms. The number of hydrogen-bond donors (Lipinski definition) is 0. The topological polar surface area (TPSA) is 0 Å². The van der Waals surface area contributed by atoms with Crippen LogP contribution in [0.5, 0.6) is 0 Å². The minimum Gasteiger partial charge on any atom is -0.147 e. The number of rotatable bonds is 2. The fourth-order valence-electron chi connectivity index (χ4n) is 5.39. The average molecular weight is 515 g/mol. The molecule has 1 unspecified atom stereocenters. The number of fused-ring (bicyclic) bond motifs is 4. The Labute approximate surface area is 200 Å². The molecular weight excluding hydrogens is 486 g/mol. The minimum atomic E-state index is -2.12. The first-order valence-corrected chi connectivity index (χ1v) is 14.3. The van der Waals surface area contributed by atoms with Gasteiger partial charge >= 0.3 is 177 Å². The van der Waals surface area contributed by atoms with Crippen LogP contribution in [0, 0.1) is 0 Å². The van der Waals surface area contributed by atoms with E-state index in [1.54, 1.807) is 25.5 Å². The Morgan fingerprint density at radius 3 is 1.47 bits per heavy atom. The van der Waals surface area contributed by atoms with E-state index in [9.17, 15) is 0 Å². The summed E-state index contributed by atoms with van der Waals surface area (Å²) in [5.74, 6) is 0. The van der Waals surface area contributed by atoms with Crippen LogP contribution in [-0.4, -0.2) is 3.21 Å². The van der Waals surface area contributed by atoms with E-state index < -0.39 is 21.3 Å². The van der Waals surface area contributed by atoms with Crippen molar-refractivity contribution in [2.45, 2.75) is 34.9 Å². The molecule has 0 radical (unpaired) electrons. The number of benzene rings is 3. The van der Waals surface area contributed by atoms with E-state index in [1.165, 1.54) is 22.3 Å². The van der Waals surface area contributed by atoms with Gasteiger partial charge in [-0.2, -0.15) is 0 Å². The molecule has 3 aromatic carbocycles. The van der Waals surface area contributed by atoms with Gasteiger partial charge in [0.15, 0.2) is 0 Å². The van der Waals surface area contributed by atoms with Crippen molar-refractivity contribution in [3.8, 4) is 11.1 Å². The largest absolute Gasteiger partial charge is 0.147 e. The third-order valence-corrected chi connectivity index (χ3v) is 16.0. The normalized spacial score (nSPS) is 16.2. The summed E-state index contributed by atoms with van der Waals surface area (Å²) in [6, 6.07) is 27.5. The molecule has 0 fully saturated rings. The van der Waals surface area contributed by atoms with Gasteiger partial charge in [-0.1, -0.05) is 0 Å². The van der Waals surface area contributed by atoms with Gasteiger partial charge in [0.05, 0.1) is 0 Å². The van der Waals surface area contributed by atoms with Gasteiger partial charge in [0.1, 0.15) is 0 Å². The summed E-state index contributed by atoms with van der Waals surface area (Å²) in [7, 11) is 0. The van der Waals surface area contributed by atoms with E-state index in [1.807, 2.05) is 0 Å². The second-order valence-corrected chi connectivity index (χ2v) is 15.9. The summed E-state index contributed by atoms with van der Waals surface area (Å²) in [5, 5.41) is 0. The van der Waals surface area contributed by atoms with Crippen LogP contribution >= 0.6 is 24.8 Å². The fraction of sp³-hybridized carbons (Fsp3) is 0.222. The van der Waals surface area contributed by atoms with Crippen LogP contribution in [0.1, 0.15) is 57.2 Å². The third kappa shape index (κ3) is 3.44. The van der Waals surface area contributed by atoms with Crippen molar-refractivity contribution in [2.24, 2.45) is 0 Å². The van der Waals surface area contributed by atoms with E-state index in [-0.39, 0.29) is 24.8 Å². The Morgan fingerprint density at radius 1 is 0.600 bits per heavy atom. The molecule has 154 valence electrons. The molecule has 0 saturated heterocycles. The van der Waals surface area contributed by atoms with Gasteiger partial charge in [-0.25, -0.2) is 0 Å². The Balaban J connectivity index is 0.00000128. The first-order valence-electron chi connectivity index (χ1n) is 10.2. The van der Waals surface area contributed by atoms with Crippen LogP contribution < -0.4 is 0 Å². The molecule has 0 bridgehead atoms. The van der Waals surface area contributed by atoms with Gasteiger partial charge in [0.25, 0.3) is 0 Å². The van der Waals surface area contributed by atoms with Crippen LogP contribution in [0.2, 0.25) is 0 Å². The second-order valence-electron chi connectivity index (χ2n) is 8.39. The predicted octanol–water partition coefficient (Wildman–Crippen LogP) is 7.98. The van der Waals surface area contributed by atoms with Crippen molar-refractivity contribution >= 4 is 33.6 Å². The zero-order valence-electron chi connectivity index (χ0n) is 17.9. The van der Waals surface area contributed by atoms with E-state index >= 15 is 0 Å². The molecule has 0 aliphatic heterocycles. The summed E-state index contributed by atoms with van der Waals surface area (Å²) in [6.07, 6.45) is 0. The summed E-state index contributed by atoms with van der Waals surface area (Å²) in [4.78, 5) is 0. The summed E-state index contributed by atoms with van der Waals surface area (Å²) in [6.45, 7) is 9.57. The molecule has 0 N–H and O–H groups in total. The fourth-order valence-corrected chi connectivity index (χ4v) is 15.1. The maximum absolute atomic E-state index is 2.42. The first kappa shape index (κ1) is 23.4. The van der Waals surface area contributed by atoms with E-state index in [0.29, 0.717) is 7.25 Å².